The highest BCUT2D eigenvalue weighted by molar-refractivity contribution is 5.81. The summed E-state index contributed by atoms with van der Waals surface area (Å²) in [5.41, 5.74) is 0.789. The van der Waals surface area contributed by atoms with E-state index in [9.17, 15) is 0 Å². The third kappa shape index (κ3) is 5.27. The highest BCUT2D eigenvalue weighted by Crippen LogP contribution is 2.05. The Morgan fingerprint density at radius 3 is 2.25 bits per heavy atom. The number of hydrogen-bond donors (Lipinski definition) is 1. The topological polar surface area (TPSA) is 42.3 Å². The van der Waals surface area contributed by atoms with Crippen LogP contribution in [0, 0.1) is 5.41 Å². The van der Waals surface area contributed by atoms with E-state index >= 15 is 0 Å². The molecule has 0 saturated carbocycles. The zero-order valence-corrected chi connectivity index (χ0v) is 8.22. The third-order valence-electron chi connectivity index (χ3n) is 1.76. The van der Waals surface area contributed by atoms with Crippen molar-refractivity contribution in [2.45, 2.75) is 38.9 Å². The largest absolute Gasteiger partial charge is 0.356 e. The van der Waals surface area contributed by atoms with Gasteiger partial charge in [-0.1, -0.05) is 13.3 Å². The minimum atomic E-state index is -0.151. The molecule has 0 aliphatic heterocycles. The van der Waals surface area contributed by atoms with Crippen molar-refractivity contribution in [3.8, 4) is 0 Å². The van der Waals surface area contributed by atoms with E-state index in [1.807, 2.05) is 0 Å². The van der Waals surface area contributed by atoms with Crippen LogP contribution in [0.3, 0.4) is 0 Å². The minimum absolute atomic E-state index is 0.151. The number of rotatable bonds is 7. The molecular weight excluding hydrogens is 154 g/mol. The van der Waals surface area contributed by atoms with Gasteiger partial charge in [0.15, 0.2) is 6.29 Å². The van der Waals surface area contributed by atoms with Gasteiger partial charge < -0.3 is 14.9 Å². The number of methoxy groups -OCH3 is 2. The summed E-state index contributed by atoms with van der Waals surface area (Å²) in [7, 11) is 3.25. The molecule has 0 radical (unpaired) electrons. The predicted molar refractivity (Wildman–Crippen MR) is 49.7 cm³/mol. The molecule has 0 aliphatic carbocycles. The van der Waals surface area contributed by atoms with E-state index in [4.69, 9.17) is 14.9 Å². The third-order valence-corrected chi connectivity index (χ3v) is 1.76. The second-order valence-corrected chi connectivity index (χ2v) is 2.79. The zero-order valence-electron chi connectivity index (χ0n) is 8.22. The van der Waals surface area contributed by atoms with Gasteiger partial charge in [0.2, 0.25) is 0 Å². The molecule has 3 heteroatoms. The minimum Gasteiger partial charge on any atom is -0.356 e. The van der Waals surface area contributed by atoms with Gasteiger partial charge >= 0.3 is 0 Å². The Morgan fingerprint density at radius 2 is 1.83 bits per heavy atom. The molecule has 0 amide bonds. The molecule has 1 N–H and O–H groups in total. The SMILES string of the molecule is CCCC(=N)CCC(OC)OC. The molecule has 0 saturated heterocycles. The number of hydrogen-bond acceptors (Lipinski definition) is 3. The van der Waals surface area contributed by atoms with Crippen molar-refractivity contribution in [3.63, 3.8) is 0 Å². The van der Waals surface area contributed by atoms with Crippen LogP contribution in [0.25, 0.3) is 0 Å². The first-order chi connectivity index (χ1) is 5.74. The van der Waals surface area contributed by atoms with Gasteiger partial charge in [-0.3, -0.25) is 0 Å². The van der Waals surface area contributed by atoms with E-state index in [1.165, 1.54) is 0 Å². The number of nitrogens with one attached hydrogen (secondary N) is 1. The van der Waals surface area contributed by atoms with Gasteiger partial charge in [-0.2, -0.15) is 0 Å². The smallest absolute Gasteiger partial charge is 0.157 e. The van der Waals surface area contributed by atoms with Crippen molar-refractivity contribution in [2.75, 3.05) is 14.2 Å². The van der Waals surface area contributed by atoms with Crippen LogP contribution in [0.15, 0.2) is 0 Å². The van der Waals surface area contributed by atoms with E-state index in [1.54, 1.807) is 14.2 Å². The second kappa shape index (κ2) is 7.25. The first-order valence-corrected chi connectivity index (χ1v) is 4.36. The van der Waals surface area contributed by atoms with E-state index in [0.717, 1.165) is 31.4 Å². The Labute approximate surface area is 74.6 Å². The molecule has 0 fully saturated rings. The Hall–Kier alpha value is -0.410. The summed E-state index contributed by atoms with van der Waals surface area (Å²) < 4.78 is 10.0. The van der Waals surface area contributed by atoms with Gasteiger partial charge in [0, 0.05) is 26.4 Å². The molecular formula is C9H19NO2. The molecule has 0 spiro atoms. The van der Waals surface area contributed by atoms with Crippen LogP contribution >= 0.6 is 0 Å². The van der Waals surface area contributed by atoms with Crippen molar-refractivity contribution >= 4 is 5.71 Å². The molecule has 0 aromatic rings. The molecule has 0 aromatic heterocycles. The molecule has 72 valence electrons. The Balaban J connectivity index is 3.44. The highest BCUT2D eigenvalue weighted by Gasteiger charge is 2.05. The van der Waals surface area contributed by atoms with Crippen LogP contribution < -0.4 is 0 Å². The highest BCUT2D eigenvalue weighted by atomic mass is 16.7. The lowest BCUT2D eigenvalue weighted by molar-refractivity contribution is -0.104. The Morgan fingerprint density at radius 1 is 1.25 bits per heavy atom. The maximum Gasteiger partial charge on any atom is 0.157 e. The Kier molecular flexibility index (Phi) is 7.00. The molecule has 0 heterocycles. The monoisotopic (exact) mass is 173 g/mol. The summed E-state index contributed by atoms with van der Waals surface area (Å²) in [6, 6.07) is 0. The molecule has 0 rings (SSSR count). The quantitative estimate of drug-likeness (QED) is 0.473. The van der Waals surface area contributed by atoms with Crippen LogP contribution in [-0.4, -0.2) is 26.2 Å². The van der Waals surface area contributed by atoms with Gasteiger partial charge in [-0.15, -0.1) is 0 Å². The predicted octanol–water partition coefficient (Wildman–Crippen LogP) is 2.21. The first kappa shape index (κ1) is 11.6. The van der Waals surface area contributed by atoms with Crippen molar-refractivity contribution in [1.82, 2.24) is 0 Å². The van der Waals surface area contributed by atoms with Crippen LogP contribution in [0.2, 0.25) is 0 Å². The maximum atomic E-state index is 7.52. The average Bonchev–Trinajstić information content (AvgIpc) is 2.07. The van der Waals surface area contributed by atoms with Gasteiger partial charge in [0.1, 0.15) is 0 Å². The lowest BCUT2D eigenvalue weighted by Gasteiger charge is -2.12. The summed E-state index contributed by atoms with van der Waals surface area (Å²) in [5, 5.41) is 7.52. The normalized spacial score (nSPS) is 10.7. The fraction of sp³-hybridized carbons (Fsp3) is 0.889. The average molecular weight is 173 g/mol. The number of ether oxygens (including phenoxy) is 2. The van der Waals surface area contributed by atoms with E-state index in [-0.39, 0.29) is 6.29 Å². The summed E-state index contributed by atoms with van der Waals surface area (Å²) in [4.78, 5) is 0. The van der Waals surface area contributed by atoms with Crippen LogP contribution in [0.5, 0.6) is 0 Å². The van der Waals surface area contributed by atoms with Crippen molar-refractivity contribution in [3.05, 3.63) is 0 Å². The lowest BCUT2D eigenvalue weighted by Crippen LogP contribution is -2.14. The summed E-state index contributed by atoms with van der Waals surface area (Å²) >= 11 is 0. The summed E-state index contributed by atoms with van der Waals surface area (Å²) in [6.45, 7) is 2.08. The fourth-order valence-corrected chi connectivity index (χ4v) is 1.05. The van der Waals surface area contributed by atoms with Gasteiger partial charge in [0.25, 0.3) is 0 Å². The second-order valence-electron chi connectivity index (χ2n) is 2.79. The molecule has 0 aromatic carbocycles. The van der Waals surface area contributed by atoms with E-state index < -0.39 is 0 Å². The van der Waals surface area contributed by atoms with Crippen molar-refractivity contribution in [1.29, 1.82) is 5.41 Å². The molecule has 0 unspecified atom stereocenters. The molecule has 3 nitrogen and oxygen atoms in total. The molecule has 12 heavy (non-hydrogen) atoms. The maximum absolute atomic E-state index is 7.52. The molecule has 0 atom stereocenters. The van der Waals surface area contributed by atoms with E-state index in [0.29, 0.717) is 0 Å². The van der Waals surface area contributed by atoms with Crippen molar-refractivity contribution in [2.24, 2.45) is 0 Å². The van der Waals surface area contributed by atoms with Crippen LogP contribution in [-0.2, 0) is 9.47 Å². The standard InChI is InChI=1S/C9H19NO2/c1-4-5-8(10)6-7-9(11-2)12-3/h9-10H,4-7H2,1-3H3. The van der Waals surface area contributed by atoms with E-state index in [2.05, 4.69) is 6.92 Å². The van der Waals surface area contributed by atoms with Gasteiger partial charge in [-0.25, -0.2) is 0 Å². The van der Waals surface area contributed by atoms with Gasteiger partial charge in [0.05, 0.1) is 0 Å². The van der Waals surface area contributed by atoms with Crippen LogP contribution in [0.1, 0.15) is 32.6 Å². The summed E-state index contributed by atoms with van der Waals surface area (Å²) in [5.74, 6) is 0. The zero-order chi connectivity index (χ0) is 9.40. The Bertz CT molecular complexity index is 122. The lowest BCUT2D eigenvalue weighted by atomic mass is 10.1. The molecule has 0 bridgehead atoms. The fourth-order valence-electron chi connectivity index (χ4n) is 1.05. The van der Waals surface area contributed by atoms with Gasteiger partial charge in [-0.05, 0) is 12.8 Å². The first-order valence-electron chi connectivity index (χ1n) is 4.36. The summed E-state index contributed by atoms with van der Waals surface area (Å²) in [6.07, 6.45) is 3.34. The van der Waals surface area contributed by atoms with Crippen LogP contribution in [0.4, 0.5) is 0 Å². The molecule has 0 aliphatic rings. The van der Waals surface area contributed by atoms with Crippen molar-refractivity contribution < 1.29 is 9.47 Å².